The first-order valence-corrected chi connectivity index (χ1v) is 4.39. The van der Waals surface area contributed by atoms with Crippen LogP contribution in [0.5, 0.6) is 0 Å². The summed E-state index contributed by atoms with van der Waals surface area (Å²) in [4.78, 5) is 12.3. The molecule has 2 aromatic heterocycles. The molecule has 0 fully saturated rings. The maximum Gasteiger partial charge on any atom is 0.163 e. The van der Waals surface area contributed by atoms with Crippen molar-refractivity contribution in [1.29, 1.82) is 0 Å². The summed E-state index contributed by atoms with van der Waals surface area (Å²) in [7, 11) is 0. The number of rotatable bonds is 2. The Morgan fingerprint density at radius 1 is 1.33 bits per heavy atom. The molecule has 0 saturated heterocycles. The molecule has 3 N–H and O–H groups in total. The highest BCUT2D eigenvalue weighted by Crippen LogP contribution is 2.16. The topological polar surface area (TPSA) is 94.5 Å². The Morgan fingerprint density at radius 3 is 2.73 bits per heavy atom. The zero-order valence-corrected chi connectivity index (χ0v) is 8.47. The summed E-state index contributed by atoms with van der Waals surface area (Å²) in [6, 6.07) is 0. The summed E-state index contributed by atoms with van der Waals surface area (Å²) in [6.07, 6.45) is 3.03. The largest absolute Gasteiger partial charge is 0.308 e. The highest BCUT2D eigenvalue weighted by Gasteiger charge is 2.10. The summed E-state index contributed by atoms with van der Waals surface area (Å²) in [6.45, 7) is 3.66. The van der Waals surface area contributed by atoms with Crippen molar-refractivity contribution in [1.82, 2.24) is 24.7 Å². The predicted molar refractivity (Wildman–Crippen MR) is 54.2 cm³/mol. The molecule has 0 atom stereocenters. The van der Waals surface area contributed by atoms with Crippen LogP contribution in [0.25, 0.3) is 5.82 Å². The minimum Gasteiger partial charge on any atom is -0.308 e. The predicted octanol–water partition coefficient (Wildman–Crippen LogP) is -0.0403. The second-order valence-corrected chi connectivity index (χ2v) is 3.05. The van der Waals surface area contributed by atoms with Crippen LogP contribution in [0.2, 0.25) is 0 Å². The fourth-order valence-electron chi connectivity index (χ4n) is 1.29. The number of nitrogen functional groups attached to an aromatic ring is 1. The van der Waals surface area contributed by atoms with Gasteiger partial charge in [0.15, 0.2) is 5.82 Å². The zero-order chi connectivity index (χ0) is 10.8. The van der Waals surface area contributed by atoms with E-state index >= 15 is 0 Å². The third kappa shape index (κ3) is 1.64. The van der Waals surface area contributed by atoms with E-state index in [0.717, 1.165) is 5.56 Å². The summed E-state index contributed by atoms with van der Waals surface area (Å²) in [5, 5.41) is 4.01. The number of hydrogen-bond acceptors (Lipinski definition) is 6. The van der Waals surface area contributed by atoms with Crippen molar-refractivity contribution in [3.63, 3.8) is 0 Å². The molecule has 2 heterocycles. The second kappa shape index (κ2) is 3.62. The molecule has 7 heteroatoms. The molecule has 0 amide bonds. The van der Waals surface area contributed by atoms with Crippen LogP contribution in [-0.4, -0.2) is 24.7 Å². The molecule has 0 radical (unpaired) electrons. The molecular weight excluding hydrogens is 194 g/mol. The Hall–Kier alpha value is -2.02. The quantitative estimate of drug-likeness (QED) is 0.527. The molecule has 0 saturated carbocycles. The van der Waals surface area contributed by atoms with Crippen LogP contribution >= 0.6 is 0 Å². The van der Waals surface area contributed by atoms with Crippen molar-refractivity contribution in [2.24, 2.45) is 5.84 Å². The van der Waals surface area contributed by atoms with Gasteiger partial charge in [0.2, 0.25) is 0 Å². The van der Waals surface area contributed by atoms with Gasteiger partial charge < -0.3 is 5.43 Å². The number of aryl methyl sites for hydroxylation is 1. The van der Waals surface area contributed by atoms with E-state index in [9.17, 15) is 0 Å². The van der Waals surface area contributed by atoms with Gasteiger partial charge in [0.25, 0.3) is 0 Å². The first-order chi connectivity index (χ1) is 7.22. The molecule has 0 aromatic carbocycles. The molecule has 15 heavy (non-hydrogen) atoms. The van der Waals surface area contributed by atoms with Crippen molar-refractivity contribution < 1.29 is 0 Å². The van der Waals surface area contributed by atoms with Crippen LogP contribution in [0.3, 0.4) is 0 Å². The lowest BCUT2D eigenvalue weighted by molar-refractivity contribution is 0.816. The molecule has 78 valence electrons. The van der Waals surface area contributed by atoms with Gasteiger partial charge in [0, 0.05) is 5.56 Å². The molecule has 0 unspecified atom stereocenters. The van der Waals surface area contributed by atoms with Crippen LogP contribution in [0.4, 0.5) is 5.82 Å². The lowest BCUT2D eigenvalue weighted by atomic mass is 10.3. The number of nitrogens with one attached hydrogen (secondary N) is 1. The first kappa shape index (κ1) is 9.53. The molecule has 0 aliphatic heterocycles. The Bertz CT molecular complexity index is 462. The number of nitrogens with two attached hydrogens (primary N) is 1. The molecule has 7 nitrogen and oxygen atoms in total. The molecule has 2 aromatic rings. The van der Waals surface area contributed by atoms with Crippen LogP contribution in [0.1, 0.15) is 11.4 Å². The van der Waals surface area contributed by atoms with E-state index in [4.69, 9.17) is 5.84 Å². The summed E-state index contributed by atoms with van der Waals surface area (Å²) >= 11 is 0. The summed E-state index contributed by atoms with van der Waals surface area (Å²) < 4.78 is 1.57. The minimum atomic E-state index is 0.591. The molecule has 0 bridgehead atoms. The first-order valence-electron chi connectivity index (χ1n) is 4.39. The molecule has 0 spiro atoms. The standard InChI is InChI=1S/C8H11N7/c1-5-7(14-9)12-6(2)13-8(5)15-4-10-3-11-15/h3-4H,9H2,1-2H3,(H,12,13,14). The summed E-state index contributed by atoms with van der Waals surface area (Å²) in [5.74, 6) is 7.25. The van der Waals surface area contributed by atoms with Crippen LogP contribution < -0.4 is 11.3 Å². The number of hydrazine groups is 1. The number of aromatic nitrogens is 5. The van der Waals surface area contributed by atoms with Crippen molar-refractivity contribution in [3.8, 4) is 5.82 Å². The summed E-state index contributed by atoms with van der Waals surface area (Å²) in [5.41, 5.74) is 3.35. The maximum absolute atomic E-state index is 5.36. The third-order valence-electron chi connectivity index (χ3n) is 2.00. The van der Waals surface area contributed by atoms with Gasteiger partial charge >= 0.3 is 0 Å². The minimum absolute atomic E-state index is 0.591. The normalized spacial score (nSPS) is 10.3. The van der Waals surface area contributed by atoms with Gasteiger partial charge in [0.05, 0.1) is 0 Å². The van der Waals surface area contributed by atoms with E-state index in [1.807, 2.05) is 6.92 Å². The highest BCUT2D eigenvalue weighted by molar-refractivity contribution is 5.50. The van der Waals surface area contributed by atoms with Crippen LogP contribution in [-0.2, 0) is 0 Å². The van der Waals surface area contributed by atoms with Gasteiger partial charge in [-0.3, -0.25) is 0 Å². The SMILES string of the molecule is Cc1nc(NN)c(C)c(-n2cncn2)n1. The Kier molecular flexibility index (Phi) is 2.30. The Labute approximate surface area is 86.3 Å². The smallest absolute Gasteiger partial charge is 0.163 e. The number of nitrogens with zero attached hydrogens (tertiary/aromatic N) is 5. The number of hydrogen-bond donors (Lipinski definition) is 2. The van der Waals surface area contributed by atoms with Crippen molar-refractivity contribution in [3.05, 3.63) is 24.0 Å². The zero-order valence-electron chi connectivity index (χ0n) is 8.47. The Morgan fingerprint density at radius 2 is 2.13 bits per heavy atom. The van der Waals surface area contributed by atoms with Gasteiger partial charge in [-0.2, -0.15) is 5.10 Å². The lowest BCUT2D eigenvalue weighted by Gasteiger charge is -2.09. The van der Waals surface area contributed by atoms with E-state index in [1.165, 1.54) is 6.33 Å². The van der Waals surface area contributed by atoms with Crippen LogP contribution in [0.15, 0.2) is 12.7 Å². The van der Waals surface area contributed by atoms with E-state index < -0.39 is 0 Å². The third-order valence-corrected chi connectivity index (χ3v) is 2.00. The van der Waals surface area contributed by atoms with Gasteiger partial charge in [-0.25, -0.2) is 25.5 Å². The van der Waals surface area contributed by atoms with E-state index in [-0.39, 0.29) is 0 Å². The number of anilines is 1. The fourth-order valence-corrected chi connectivity index (χ4v) is 1.29. The van der Waals surface area contributed by atoms with E-state index in [2.05, 4.69) is 25.5 Å². The van der Waals surface area contributed by atoms with E-state index in [0.29, 0.717) is 17.5 Å². The highest BCUT2D eigenvalue weighted by atomic mass is 15.4. The van der Waals surface area contributed by atoms with Gasteiger partial charge in [0.1, 0.15) is 24.3 Å². The van der Waals surface area contributed by atoms with Crippen LogP contribution in [0, 0.1) is 13.8 Å². The lowest BCUT2D eigenvalue weighted by Crippen LogP contribution is -2.14. The monoisotopic (exact) mass is 205 g/mol. The Balaban J connectivity index is 2.61. The molecule has 0 aliphatic carbocycles. The average molecular weight is 205 g/mol. The van der Waals surface area contributed by atoms with Crippen molar-refractivity contribution >= 4 is 5.82 Å². The van der Waals surface area contributed by atoms with Crippen molar-refractivity contribution in [2.45, 2.75) is 13.8 Å². The second-order valence-electron chi connectivity index (χ2n) is 3.05. The molecule has 2 rings (SSSR count). The van der Waals surface area contributed by atoms with Gasteiger partial charge in [-0.1, -0.05) is 0 Å². The maximum atomic E-state index is 5.36. The molecule has 0 aliphatic rings. The average Bonchev–Trinajstić information content (AvgIpc) is 2.74. The van der Waals surface area contributed by atoms with E-state index in [1.54, 1.807) is 17.9 Å². The fraction of sp³-hybridized carbons (Fsp3) is 0.250. The van der Waals surface area contributed by atoms with Gasteiger partial charge in [-0.15, -0.1) is 0 Å². The molecular formula is C8H11N7. The van der Waals surface area contributed by atoms with Crippen molar-refractivity contribution in [2.75, 3.05) is 5.43 Å². The van der Waals surface area contributed by atoms with Gasteiger partial charge in [-0.05, 0) is 13.8 Å².